The fraction of sp³-hybridized carbons (Fsp3) is 0.0833. The molecule has 0 aliphatic heterocycles. The molecule has 0 radical (unpaired) electrons. The lowest BCUT2D eigenvalue weighted by Crippen LogP contribution is -2.02. The molecule has 0 saturated heterocycles. The Balaban J connectivity index is 2.54. The SMILES string of the molecule is O=C(O)Cc1cnc(-c2c(Cl)c(Cl)c(Cl)c(Cl)c2Cl)nc1. The van der Waals surface area contributed by atoms with Crippen molar-refractivity contribution in [2.45, 2.75) is 6.42 Å². The molecule has 1 N–H and O–H groups in total. The molecule has 1 aromatic heterocycles. The minimum Gasteiger partial charge on any atom is -0.481 e. The van der Waals surface area contributed by atoms with Crippen molar-refractivity contribution in [1.82, 2.24) is 9.97 Å². The first kappa shape index (κ1) is 16.6. The Morgan fingerprint density at radius 2 is 1.33 bits per heavy atom. The Hall–Kier alpha value is -0.780. The van der Waals surface area contributed by atoms with E-state index in [9.17, 15) is 4.79 Å². The molecular formula is C12H5Cl5N2O2. The molecule has 0 aliphatic carbocycles. The van der Waals surface area contributed by atoms with Gasteiger partial charge in [0, 0.05) is 12.4 Å². The van der Waals surface area contributed by atoms with Crippen LogP contribution in [0, 0.1) is 0 Å². The molecule has 2 rings (SSSR count). The lowest BCUT2D eigenvalue weighted by molar-refractivity contribution is -0.136. The summed E-state index contributed by atoms with van der Waals surface area (Å²) in [5.74, 6) is -0.820. The first-order valence-corrected chi connectivity index (χ1v) is 7.26. The number of carboxylic acid groups (broad SMARTS) is 1. The maximum atomic E-state index is 10.6. The highest BCUT2D eigenvalue weighted by atomic mass is 35.5. The van der Waals surface area contributed by atoms with E-state index in [0.29, 0.717) is 5.56 Å². The van der Waals surface area contributed by atoms with E-state index in [0.717, 1.165) is 0 Å². The number of rotatable bonds is 3. The number of nitrogens with zero attached hydrogens (tertiary/aromatic N) is 2. The number of carbonyl (C=O) groups is 1. The highest BCUT2D eigenvalue weighted by Crippen LogP contribution is 2.47. The van der Waals surface area contributed by atoms with Gasteiger partial charge in [0.05, 0.1) is 37.1 Å². The summed E-state index contributed by atoms with van der Waals surface area (Å²) >= 11 is 30.0. The average Bonchev–Trinajstić information content (AvgIpc) is 2.44. The molecule has 21 heavy (non-hydrogen) atoms. The lowest BCUT2D eigenvalue weighted by Gasteiger charge is -2.11. The molecule has 0 spiro atoms. The van der Waals surface area contributed by atoms with Crippen LogP contribution >= 0.6 is 58.0 Å². The summed E-state index contributed by atoms with van der Waals surface area (Å²) in [4.78, 5) is 18.7. The first-order valence-electron chi connectivity index (χ1n) is 5.37. The van der Waals surface area contributed by atoms with E-state index in [4.69, 9.17) is 63.1 Å². The van der Waals surface area contributed by atoms with Crippen LogP contribution in [0.4, 0.5) is 0 Å². The summed E-state index contributed by atoms with van der Waals surface area (Å²) in [5.41, 5.74) is 0.671. The molecule has 0 unspecified atom stereocenters. The van der Waals surface area contributed by atoms with Crippen molar-refractivity contribution >= 4 is 64.0 Å². The minimum atomic E-state index is -0.986. The fourth-order valence-electron chi connectivity index (χ4n) is 1.55. The monoisotopic (exact) mass is 384 g/mol. The summed E-state index contributed by atoms with van der Waals surface area (Å²) in [5, 5.41) is 8.97. The quantitative estimate of drug-likeness (QED) is 0.593. The van der Waals surface area contributed by atoms with Gasteiger partial charge in [-0.15, -0.1) is 0 Å². The lowest BCUT2D eigenvalue weighted by atomic mass is 10.2. The van der Waals surface area contributed by atoms with Crippen molar-refractivity contribution in [3.05, 3.63) is 43.1 Å². The Labute approximate surface area is 144 Å². The molecule has 0 amide bonds. The van der Waals surface area contributed by atoms with Crippen molar-refractivity contribution in [2.75, 3.05) is 0 Å². The number of aliphatic carboxylic acids is 1. The number of aromatic nitrogens is 2. The van der Waals surface area contributed by atoms with Crippen LogP contribution in [0.3, 0.4) is 0 Å². The van der Waals surface area contributed by atoms with Crippen LogP contribution in [-0.4, -0.2) is 21.0 Å². The second-order valence-corrected chi connectivity index (χ2v) is 5.82. The molecule has 0 aliphatic rings. The van der Waals surface area contributed by atoms with E-state index in [2.05, 4.69) is 9.97 Å². The van der Waals surface area contributed by atoms with E-state index in [1.54, 1.807) is 0 Å². The van der Waals surface area contributed by atoms with Crippen molar-refractivity contribution < 1.29 is 9.90 Å². The van der Waals surface area contributed by atoms with E-state index >= 15 is 0 Å². The summed E-state index contributed by atoms with van der Waals surface area (Å²) in [6, 6.07) is 0. The van der Waals surface area contributed by atoms with Crippen LogP contribution in [0.5, 0.6) is 0 Å². The van der Waals surface area contributed by atoms with Gasteiger partial charge in [0.1, 0.15) is 0 Å². The van der Waals surface area contributed by atoms with Crippen LogP contribution in [0.1, 0.15) is 5.56 Å². The van der Waals surface area contributed by atoms with Crippen LogP contribution in [0.25, 0.3) is 11.4 Å². The number of hydrogen-bond donors (Lipinski definition) is 1. The van der Waals surface area contributed by atoms with Crippen molar-refractivity contribution in [1.29, 1.82) is 0 Å². The maximum Gasteiger partial charge on any atom is 0.307 e. The second-order valence-electron chi connectivity index (χ2n) is 3.93. The average molecular weight is 386 g/mol. The molecule has 2 aromatic rings. The Kier molecular flexibility index (Phi) is 5.17. The third kappa shape index (κ3) is 3.35. The predicted molar refractivity (Wildman–Crippen MR) is 83.9 cm³/mol. The number of hydrogen-bond acceptors (Lipinski definition) is 3. The van der Waals surface area contributed by atoms with Crippen LogP contribution in [0.2, 0.25) is 25.1 Å². The highest BCUT2D eigenvalue weighted by molar-refractivity contribution is 6.56. The topological polar surface area (TPSA) is 63.1 Å². The summed E-state index contributed by atoms with van der Waals surface area (Å²) < 4.78 is 0. The molecule has 4 nitrogen and oxygen atoms in total. The van der Waals surface area contributed by atoms with Crippen molar-refractivity contribution in [3.63, 3.8) is 0 Å². The van der Waals surface area contributed by atoms with Gasteiger partial charge in [-0.3, -0.25) is 4.79 Å². The van der Waals surface area contributed by atoms with E-state index in [1.807, 2.05) is 0 Å². The van der Waals surface area contributed by atoms with Gasteiger partial charge in [0.25, 0.3) is 0 Å². The van der Waals surface area contributed by atoms with Crippen molar-refractivity contribution in [2.24, 2.45) is 0 Å². The van der Waals surface area contributed by atoms with E-state index in [-0.39, 0.29) is 42.9 Å². The summed E-state index contributed by atoms with van der Waals surface area (Å²) in [7, 11) is 0. The normalized spacial score (nSPS) is 10.7. The minimum absolute atomic E-state index is 0.0413. The zero-order valence-electron chi connectivity index (χ0n) is 10.0. The summed E-state index contributed by atoms with van der Waals surface area (Å²) in [6.45, 7) is 0. The molecular weight excluding hydrogens is 381 g/mol. The highest BCUT2D eigenvalue weighted by Gasteiger charge is 2.22. The molecule has 0 atom stereocenters. The largest absolute Gasteiger partial charge is 0.481 e. The number of halogens is 5. The Morgan fingerprint density at radius 1 is 0.905 bits per heavy atom. The Bertz CT molecular complexity index is 690. The zero-order chi connectivity index (χ0) is 15.7. The van der Waals surface area contributed by atoms with Gasteiger partial charge in [-0.25, -0.2) is 9.97 Å². The molecule has 110 valence electrons. The molecule has 9 heteroatoms. The van der Waals surface area contributed by atoms with E-state index < -0.39 is 5.97 Å². The maximum absolute atomic E-state index is 10.6. The van der Waals surface area contributed by atoms with Crippen LogP contribution in [0.15, 0.2) is 12.4 Å². The van der Waals surface area contributed by atoms with Gasteiger partial charge < -0.3 is 5.11 Å². The zero-order valence-corrected chi connectivity index (χ0v) is 13.8. The predicted octanol–water partition coefficient (Wildman–Crippen LogP) is 5.04. The number of carboxylic acids is 1. The standard InChI is InChI=1S/C12H5Cl5N2O2/c13-7-6(8(14)10(16)11(17)9(7)15)12-18-2-4(3-19-12)1-5(20)21/h2-3H,1H2,(H,20,21). The van der Waals surface area contributed by atoms with Gasteiger partial charge in [0.2, 0.25) is 0 Å². The molecule has 1 heterocycles. The molecule has 0 fully saturated rings. The summed E-state index contributed by atoms with van der Waals surface area (Å²) in [6.07, 6.45) is 2.53. The number of benzene rings is 1. The fourth-order valence-corrected chi connectivity index (χ4v) is 2.86. The van der Waals surface area contributed by atoms with Crippen LogP contribution in [-0.2, 0) is 11.2 Å². The van der Waals surface area contributed by atoms with Gasteiger partial charge in [0.15, 0.2) is 5.82 Å². The second kappa shape index (κ2) is 6.55. The van der Waals surface area contributed by atoms with Crippen LogP contribution < -0.4 is 0 Å². The van der Waals surface area contributed by atoms with Crippen molar-refractivity contribution in [3.8, 4) is 11.4 Å². The van der Waals surface area contributed by atoms with Gasteiger partial charge in [-0.2, -0.15) is 0 Å². The van der Waals surface area contributed by atoms with Gasteiger partial charge in [-0.1, -0.05) is 58.0 Å². The molecule has 0 saturated carbocycles. The van der Waals surface area contributed by atoms with E-state index in [1.165, 1.54) is 12.4 Å². The molecule has 0 bridgehead atoms. The third-order valence-corrected chi connectivity index (χ3v) is 4.77. The van der Waals surface area contributed by atoms with Gasteiger partial charge >= 0.3 is 5.97 Å². The Morgan fingerprint density at radius 3 is 1.76 bits per heavy atom. The smallest absolute Gasteiger partial charge is 0.307 e. The van der Waals surface area contributed by atoms with Gasteiger partial charge in [-0.05, 0) is 5.56 Å². The third-order valence-electron chi connectivity index (χ3n) is 2.49. The molecule has 1 aromatic carbocycles. The first-order chi connectivity index (χ1) is 9.82.